The lowest BCUT2D eigenvalue weighted by molar-refractivity contribution is 0.0490. The molecule has 94 valence electrons. The highest BCUT2D eigenvalue weighted by atomic mass is 16.5. The first-order valence-corrected chi connectivity index (χ1v) is 5.98. The Labute approximate surface area is 100 Å². The number of rotatable bonds is 2. The van der Waals surface area contributed by atoms with Gasteiger partial charge in [0.15, 0.2) is 0 Å². The molecular formula is C12H18N2O3. The lowest BCUT2D eigenvalue weighted by Crippen LogP contribution is -2.40. The molecule has 0 radical (unpaired) electrons. The average Bonchev–Trinajstić information content (AvgIpc) is 2.74. The Morgan fingerprint density at radius 3 is 2.71 bits per heavy atom. The molecule has 1 aliphatic heterocycles. The number of nitrogens with zero attached hydrogens (tertiary/aromatic N) is 2. The van der Waals surface area contributed by atoms with Crippen LogP contribution in [0.25, 0.3) is 0 Å². The van der Waals surface area contributed by atoms with Crippen molar-refractivity contribution in [1.29, 1.82) is 0 Å². The van der Waals surface area contributed by atoms with Gasteiger partial charge in [0.25, 0.3) is 5.91 Å². The summed E-state index contributed by atoms with van der Waals surface area (Å²) in [5.74, 6) is 0.541. The molecule has 1 saturated heterocycles. The Morgan fingerprint density at radius 1 is 1.59 bits per heavy atom. The van der Waals surface area contributed by atoms with Crippen molar-refractivity contribution in [3.63, 3.8) is 0 Å². The van der Waals surface area contributed by atoms with Gasteiger partial charge in [0.1, 0.15) is 0 Å². The summed E-state index contributed by atoms with van der Waals surface area (Å²) >= 11 is 0. The zero-order chi connectivity index (χ0) is 12.4. The normalized spacial score (nSPS) is 19.4. The molecule has 0 aromatic carbocycles. The molecular weight excluding hydrogens is 220 g/mol. The molecule has 2 heterocycles. The lowest BCUT2D eigenvalue weighted by Gasteiger charge is -2.32. The quantitative estimate of drug-likeness (QED) is 0.841. The van der Waals surface area contributed by atoms with Crippen molar-refractivity contribution in [2.75, 3.05) is 13.1 Å². The van der Waals surface area contributed by atoms with Gasteiger partial charge in [0.2, 0.25) is 5.76 Å². The Hall–Kier alpha value is -1.36. The van der Waals surface area contributed by atoms with Gasteiger partial charge in [-0.3, -0.25) is 4.79 Å². The fourth-order valence-corrected chi connectivity index (χ4v) is 2.23. The molecule has 1 atom stereocenters. The van der Waals surface area contributed by atoms with Crippen molar-refractivity contribution in [1.82, 2.24) is 10.1 Å². The molecule has 1 aromatic heterocycles. The zero-order valence-electron chi connectivity index (χ0n) is 10.2. The van der Waals surface area contributed by atoms with Crippen LogP contribution in [0.4, 0.5) is 0 Å². The van der Waals surface area contributed by atoms with Crippen molar-refractivity contribution >= 4 is 5.91 Å². The van der Waals surface area contributed by atoms with E-state index in [2.05, 4.69) is 5.16 Å². The van der Waals surface area contributed by atoms with Crippen LogP contribution in [0.2, 0.25) is 0 Å². The molecule has 17 heavy (non-hydrogen) atoms. The molecule has 1 amide bonds. The van der Waals surface area contributed by atoms with Crippen LogP contribution in [0, 0.1) is 12.8 Å². The SMILES string of the molecule is Cc1cnoc1C(=O)N1CCC(C(C)O)CC1. The summed E-state index contributed by atoms with van der Waals surface area (Å²) in [5, 5.41) is 13.1. The number of aromatic nitrogens is 1. The summed E-state index contributed by atoms with van der Waals surface area (Å²) in [6, 6.07) is 0. The second-order valence-corrected chi connectivity index (χ2v) is 4.71. The molecule has 0 aliphatic carbocycles. The smallest absolute Gasteiger partial charge is 0.292 e. The van der Waals surface area contributed by atoms with Gasteiger partial charge < -0.3 is 14.5 Å². The number of carbonyl (C=O) groups excluding carboxylic acids is 1. The molecule has 0 saturated carbocycles. The highest BCUT2D eigenvalue weighted by Gasteiger charge is 2.28. The lowest BCUT2D eigenvalue weighted by atomic mass is 9.92. The number of aryl methyl sites for hydroxylation is 1. The van der Waals surface area contributed by atoms with Crippen LogP contribution in [0.5, 0.6) is 0 Å². The molecule has 1 aliphatic rings. The maximum absolute atomic E-state index is 12.1. The highest BCUT2D eigenvalue weighted by Crippen LogP contribution is 2.22. The van der Waals surface area contributed by atoms with Crippen molar-refractivity contribution in [3.8, 4) is 0 Å². The van der Waals surface area contributed by atoms with E-state index in [4.69, 9.17) is 4.52 Å². The number of likely N-dealkylation sites (tertiary alicyclic amines) is 1. The minimum atomic E-state index is -0.292. The van der Waals surface area contributed by atoms with E-state index in [0.717, 1.165) is 18.4 Å². The van der Waals surface area contributed by atoms with E-state index in [9.17, 15) is 9.90 Å². The summed E-state index contributed by atoms with van der Waals surface area (Å²) in [4.78, 5) is 13.9. The van der Waals surface area contributed by atoms with Crippen molar-refractivity contribution in [2.45, 2.75) is 32.8 Å². The van der Waals surface area contributed by atoms with Gasteiger partial charge in [0.05, 0.1) is 12.3 Å². The number of hydrogen-bond acceptors (Lipinski definition) is 4. The third-order valence-corrected chi connectivity index (χ3v) is 3.45. The minimum absolute atomic E-state index is 0.0935. The fourth-order valence-electron chi connectivity index (χ4n) is 2.23. The standard InChI is InChI=1S/C12H18N2O3/c1-8-7-13-17-11(8)12(16)14-5-3-10(4-6-14)9(2)15/h7,9-10,15H,3-6H2,1-2H3. The van der Waals surface area contributed by atoms with Gasteiger partial charge in [-0.1, -0.05) is 5.16 Å². The van der Waals surface area contributed by atoms with E-state index in [-0.39, 0.29) is 12.0 Å². The number of aliphatic hydroxyl groups is 1. The second-order valence-electron chi connectivity index (χ2n) is 4.71. The Kier molecular flexibility index (Phi) is 3.47. The largest absolute Gasteiger partial charge is 0.393 e. The van der Waals surface area contributed by atoms with E-state index >= 15 is 0 Å². The maximum atomic E-state index is 12.1. The zero-order valence-corrected chi connectivity index (χ0v) is 10.2. The monoisotopic (exact) mass is 238 g/mol. The van der Waals surface area contributed by atoms with Crippen LogP contribution in [-0.4, -0.2) is 40.3 Å². The topological polar surface area (TPSA) is 66.6 Å². The van der Waals surface area contributed by atoms with E-state index in [0.29, 0.717) is 24.8 Å². The maximum Gasteiger partial charge on any atom is 0.292 e. The molecule has 1 fully saturated rings. The Bertz CT molecular complexity index is 392. The summed E-state index contributed by atoms with van der Waals surface area (Å²) in [5.41, 5.74) is 0.771. The number of aliphatic hydroxyl groups excluding tert-OH is 1. The first kappa shape index (κ1) is 12.1. The van der Waals surface area contributed by atoms with Crippen LogP contribution in [-0.2, 0) is 0 Å². The summed E-state index contributed by atoms with van der Waals surface area (Å²) < 4.78 is 4.96. The fraction of sp³-hybridized carbons (Fsp3) is 0.667. The third kappa shape index (κ3) is 2.49. The molecule has 5 heteroatoms. The first-order valence-electron chi connectivity index (χ1n) is 5.98. The molecule has 1 unspecified atom stereocenters. The van der Waals surface area contributed by atoms with Crippen LogP contribution >= 0.6 is 0 Å². The van der Waals surface area contributed by atoms with Crippen molar-refractivity contribution in [2.24, 2.45) is 5.92 Å². The number of carbonyl (C=O) groups is 1. The van der Waals surface area contributed by atoms with E-state index in [1.807, 2.05) is 13.8 Å². The predicted molar refractivity (Wildman–Crippen MR) is 61.5 cm³/mol. The van der Waals surface area contributed by atoms with Gasteiger partial charge in [-0.15, -0.1) is 0 Å². The molecule has 1 N–H and O–H groups in total. The molecule has 0 bridgehead atoms. The number of piperidine rings is 1. The Morgan fingerprint density at radius 2 is 2.24 bits per heavy atom. The van der Waals surface area contributed by atoms with Gasteiger partial charge >= 0.3 is 0 Å². The van der Waals surface area contributed by atoms with Gasteiger partial charge in [-0.05, 0) is 32.6 Å². The minimum Gasteiger partial charge on any atom is -0.393 e. The second kappa shape index (κ2) is 4.87. The molecule has 5 nitrogen and oxygen atoms in total. The summed E-state index contributed by atoms with van der Waals surface area (Å²) in [7, 11) is 0. The summed E-state index contributed by atoms with van der Waals surface area (Å²) in [6.45, 7) is 4.97. The Balaban J connectivity index is 1.98. The van der Waals surface area contributed by atoms with Gasteiger partial charge in [-0.2, -0.15) is 0 Å². The number of amides is 1. The number of hydrogen-bond donors (Lipinski definition) is 1. The van der Waals surface area contributed by atoms with Gasteiger partial charge in [-0.25, -0.2) is 0 Å². The van der Waals surface area contributed by atoms with Crippen molar-refractivity contribution in [3.05, 3.63) is 17.5 Å². The van der Waals surface area contributed by atoms with Crippen LogP contribution in [0.3, 0.4) is 0 Å². The molecule has 2 rings (SSSR count). The first-order chi connectivity index (χ1) is 8.09. The van der Waals surface area contributed by atoms with E-state index in [1.165, 1.54) is 0 Å². The van der Waals surface area contributed by atoms with Crippen LogP contribution in [0.1, 0.15) is 35.9 Å². The average molecular weight is 238 g/mol. The van der Waals surface area contributed by atoms with E-state index in [1.54, 1.807) is 11.1 Å². The molecule has 1 aromatic rings. The van der Waals surface area contributed by atoms with Crippen LogP contribution in [0.15, 0.2) is 10.7 Å². The summed E-state index contributed by atoms with van der Waals surface area (Å²) in [6.07, 6.45) is 2.95. The van der Waals surface area contributed by atoms with Crippen LogP contribution < -0.4 is 0 Å². The van der Waals surface area contributed by atoms with Gasteiger partial charge in [0, 0.05) is 18.7 Å². The van der Waals surface area contributed by atoms with E-state index < -0.39 is 0 Å². The third-order valence-electron chi connectivity index (χ3n) is 3.45. The molecule has 0 spiro atoms. The predicted octanol–water partition coefficient (Wildman–Crippen LogP) is 1.22. The highest BCUT2D eigenvalue weighted by molar-refractivity contribution is 5.92. The van der Waals surface area contributed by atoms with Crippen molar-refractivity contribution < 1.29 is 14.4 Å².